The van der Waals surface area contributed by atoms with Crippen molar-refractivity contribution in [2.75, 3.05) is 0 Å². The second-order valence-corrected chi connectivity index (χ2v) is 5.48. The average Bonchev–Trinajstić information content (AvgIpc) is 3.07. The Morgan fingerprint density at radius 3 is 2.83 bits per heavy atom. The maximum absolute atomic E-state index is 11.8. The number of thiazole rings is 1. The van der Waals surface area contributed by atoms with Gasteiger partial charge in [0, 0.05) is 17.8 Å². The molecule has 18 heavy (non-hydrogen) atoms. The lowest BCUT2D eigenvalue weighted by Gasteiger charge is -1.99. The lowest BCUT2D eigenvalue weighted by Crippen LogP contribution is -2.25. The zero-order valence-electron chi connectivity index (χ0n) is 9.93. The SMILES string of the molecule is O=C(NC1CC1)c1csc(Cc2ccccc2)n1. The Labute approximate surface area is 110 Å². The monoisotopic (exact) mass is 258 g/mol. The van der Waals surface area contributed by atoms with E-state index in [9.17, 15) is 4.79 Å². The summed E-state index contributed by atoms with van der Waals surface area (Å²) in [6.45, 7) is 0. The van der Waals surface area contributed by atoms with E-state index in [-0.39, 0.29) is 5.91 Å². The lowest BCUT2D eigenvalue weighted by atomic mass is 10.2. The van der Waals surface area contributed by atoms with Crippen molar-refractivity contribution in [1.29, 1.82) is 0 Å². The summed E-state index contributed by atoms with van der Waals surface area (Å²) in [4.78, 5) is 16.2. The van der Waals surface area contributed by atoms with Gasteiger partial charge in [0.1, 0.15) is 5.69 Å². The highest BCUT2D eigenvalue weighted by molar-refractivity contribution is 7.09. The predicted molar refractivity (Wildman–Crippen MR) is 71.9 cm³/mol. The fraction of sp³-hybridized carbons (Fsp3) is 0.286. The van der Waals surface area contributed by atoms with Crippen molar-refractivity contribution >= 4 is 17.2 Å². The topological polar surface area (TPSA) is 42.0 Å². The van der Waals surface area contributed by atoms with Crippen LogP contribution in [0.4, 0.5) is 0 Å². The van der Waals surface area contributed by atoms with Gasteiger partial charge in [0.15, 0.2) is 0 Å². The first-order valence-electron chi connectivity index (χ1n) is 6.10. The third kappa shape index (κ3) is 2.76. The van der Waals surface area contributed by atoms with E-state index in [0.29, 0.717) is 11.7 Å². The average molecular weight is 258 g/mol. The molecule has 3 rings (SSSR count). The summed E-state index contributed by atoms with van der Waals surface area (Å²) in [5.74, 6) is -0.0342. The number of nitrogens with zero attached hydrogens (tertiary/aromatic N) is 1. The van der Waals surface area contributed by atoms with Crippen molar-refractivity contribution < 1.29 is 4.79 Å². The highest BCUT2D eigenvalue weighted by atomic mass is 32.1. The molecule has 0 unspecified atom stereocenters. The highest BCUT2D eigenvalue weighted by Crippen LogP contribution is 2.20. The molecule has 0 aliphatic heterocycles. The number of carbonyl (C=O) groups excluding carboxylic acids is 1. The number of nitrogens with one attached hydrogen (secondary N) is 1. The molecule has 0 radical (unpaired) electrons. The first kappa shape index (κ1) is 11.4. The van der Waals surface area contributed by atoms with Crippen LogP contribution in [-0.4, -0.2) is 16.9 Å². The summed E-state index contributed by atoms with van der Waals surface area (Å²) in [6.07, 6.45) is 3.00. The molecule has 0 saturated heterocycles. The molecular weight excluding hydrogens is 244 g/mol. The molecule has 1 fully saturated rings. The molecule has 1 saturated carbocycles. The van der Waals surface area contributed by atoms with Crippen molar-refractivity contribution in [1.82, 2.24) is 10.3 Å². The summed E-state index contributed by atoms with van der Waals surface area (Å²) >= 11 is 1.55. The van der Waals surface area contributed by atoms with Gasteiger partial charge in [-0.3, -0.25) is 4.79 Å². The molecule has 2 aromatic rings. The van der Waals surface area contributed by atoms with Crippen LogP contribution in [0.5, 0.6) is 0 Å². The molecule has 1 aliphatic rings. The lowest BCUT2D eigenvalue weighted by molar-refractivity contribution is 0.0946. The molecule has 0 spiro atoms. The number of aromatic nitrogens is 1. The van der Waals surface area contributed by atoms with Crippen LogP contribution in [0.1, 0.15) is 33.9 Å². The zero-order chi connectivity index (χ0) is 12.4. The summed E-state index contributed by atoms with van der Waals surface area (Å²) in [6, 6.07) is 10.6. The summed E-state index contributed by atoms with van der Waals surface area (Å²) in [5, 5.41) is 5.78. The quantitative estimate of drug-likeness (QED) is 0.916. The normalized spacial score (nSPS) is 14.4. The van der Waals surface area contributed by atoms with Gasteiger partial charge < -0.3 is 5.32 Å². The van der Waals surface area contributed by atoms with Gasteiger partial charge in [-0.25, -0.2) is 4.98 Å². The minimum atomic E-state index is -0.0342. The predicted octanol–water partition coefficient (Wildman–Crippen LogP) is 2.63. The summed E-state index contributed by atoms with van der Waals surface area (Å²) in [7, 11) is 0. The second-order valence-electron chi connectivity index (χ2n) is 4.54. The summed E-state index contributed by atoms with van der Waals surface area (Å²) < 4.78 is 0. The first-order chi connectivity index (χ1) is 8.81. The van der Waals surface area contributed by atoms with Crippen molar-refractivity contribution in [2.24, 2.45) is 0 Å². The van der Waals surface area contributed by atoms with E-state index in [1.165, 1.54) is 5.56 Å². The zero-order valence-corrected chi connectivity index (χ0v) is 10.7. The van der Waals surface area contributed by atoms with E-state index in [0.717, 1.165) is 24.3 Å². The number of hydrogen-bond donors (Lipinski definition) is 1. The Morgan fingerprint density at radius 2 is 2.11 bits per heavy atom. The van der Waals surface area contributed by atoms with E-state index >= 15 is 0 Å². The molecule has 1 heterocycles. The number of amides is 1. The number of benzene rings is 1. The second kappa shape index (κ2) is 4.90. The van der Waals surface area contributed by atoms with Crippen LogP contribution < -0.4 is 5.32 Å². The number of hydrogen-bond acceptors (Lipinski definition) is 3. The Hall–Kier alpha value is -1.68. The first-order valence-corrected chi connectivity index (χ1v) is 6.98. The van der Waals surface area contributed by atoms with Gasteiger partial charge >= 0.3 is 0 Å². The minimum absolute atomic E-state index is 0.0342. The maximum Gasteiger partial charge on any atom is 0.270 e. The van der Waals surface area contributed by atoms with Gasteiger partial charge in [0.25, 0.3) is 5.91 Å². The number of carbonyl (C=O) groups is 1. The Morgan fingerprint density at radius 1 is 1.33 bits per heavy atom. The van der Waals surface area contributed by atoms with Crippen LogP contribution in [0.3, 0.4) is 0 Å². The van der Waals surface area contributed by atoms with Gasteiger partial charge in [-0.2, -0.15) is 0 Å². The summed E-state index contributed by atoms with van der Waals surface area (Å²) in [5.41, 5.74) is 1.78. The molecular formula is C14H14N2OS. The third-order valence-electron chi connectivity index (χ3n) is 2.90. The fourth-order valence-electron chi connectivity index (χ4n) is 1.75. The molecule has 1 N–H and O–H groups in total. The standard InChI is InChI=1S/C14H14N2OS/c17-14(15-11-6-7-11)12-9-18-13(16-12)8-10-4-2-1-3-5-10/h1-5,9,11H,6-8H2,(H,15,17). The van der Waals surface area contributed by atoms with Crippen molar-refractivity contribution in [3.8, 4) is 0 Å². The molecule has 3 nitrogen and oxygen atoms in total. The van der Waals surface area contributed by atoms with Gasteiger partial charge in [-0.05, 0) is 18.4 Å². The Bertz CT molecular complexity index is 546. The molecule has 1 amide bonds. The van der Waals surface area contributed by atoms with Gasteiger partial charge in [-0.15, -0.1) is 11.3 Å². The van der Waals surface area contributed by atoms with E-state index in [4.69, 9.17) is 0 Å². The van der Waals surface area contributed by atoms with Gasteiger partial charge in [-0.1, -0.05) is 30.3 Å². The van der Waals surface area contributed by atoms with Crippen LogP contribution in [0.15, 0.2) is 35.7 Å². The van der Waals surface area contributed by atoms with Crippen LogP contribution in [0, 0.1) is 0 Å². The molecule has 1 aliphatic carbocycles. The molecule has 1 aromatic carbocycles. The van der Waals surface area contributed by atoms with Gasteiger partial charge in [0.05, 0.1) is 5.01 Å². The van der Waals surface area contributed by atoms with Crippen molar-refractivity contribution in [3.05, 3.63) is 52.0 Å². The molecule has 0 atom stereocenters. The van der Waals surface area contributed by atoms with Crippen LogP contribution in [0.25, 0.3) is 0 Å². The Kier molecular flexibility index (Phi) is 3.11. The maximum atomic E-state index is 11.8. The molecule has 92 valence electrons. The van der Waals surface area contributed by atoms with Crippen LogP contribution in [-0.2, 0) is 6.42 Å². The minimum Gasteiger partial charge on any atom is -0.348 e. The smallest absolute Gasteiger partial charge is 0.270 e. The van der Waals surface area contributed by atoms with Crippen molar-refractivity contribution in [2.45, 2.75) is 25.3 Å². The molecule has 0 bridgehead atoms. The highest BCUT2D eigenvalue weighted by Gasteiger charge is 2.24. The van der Waals surface area contributed by atoms with Crippen LogP contribution >= 0.6 is 11.3 Å². The van der Waals surface area contributed by atoms with Crippen molar-refractivity contribution in [3.63, 3.8) is 0 Å². The Balaban J connectivity index is 1.67. The third-order valence-corrected chi connectivity index (χ3v) is 3.74. The largest absolute Gasteiger partial charge is 0.348 e. The van der Waals surface area contributed by atoms with E-state index in [1.54, 1.807) is 11.3 Å². The molecule has 4 heteroatoms. The van der Waals surface area contributed by atoms with Gasteiger partial charge in [0.2, 0.25) is 0 Å². The number of rotatable bonds is 4. The van der Waals surface area contributed by atoms with E-state index in [1.807, 2.05) is 23.6 Å². The van der Waals surface area contributed by atoms with Crippen LogP contribution in [0.2, 0.25) is 0 Å². The van der Waals surface area contributed by atoms with E-state index < -0.39 is 0 Å². The molecule has 1 aromatic heterocycles. The van der Waals surface area contributed by atoms with E-state index in [2.05, 4.69) is 22.4 Å². The fourth-order valence-corrected chi connectivity index (χ4v) is 2.56.